The Labute approximate surface area is 175 Å². The van der Waals surface area contributed by atoms with Crippen molar-refractivity contribution < 1.29 is 9.59 Å². The summed E-state index contributed by atoms with van der Waals surface area (Å²) in [5.41, 5.74) is 3.03. The third kappa shape index (κ3) is 4.99. The van der Waals surface area contributed by atoms with Crippen molar-refractivity contribution in [3.8, 4) is 0 Å². The maximum absolute atomic E-state index is 12.1. The highest BCUT2D eigenvalue weighted by atomic mass is 79.9. The molecule has 6 nitrogen and oxygen atoms in total. The minimum absolute atomic E-state index is 0.169. The van der Waals surface area contributed by atoms with Crippen LogP contribution in [0.5, 0.6) is 0 Å². The number of fused-ring (bicyclic) bond motifs is 1. The van der Waals surface area contributed by atoms with Gasteiger partial charge >= 0.3 is 0 Å². The van der Waals surface area contributed by atoms with Crippen molar-refractivity contribution in [3.63, 3.8) is 0 Å². The van der Waals surface area contributed by atoms with Gasteiger partial charge in [-0.25, -0.2) is 4.98 Å². The molecule has 0 bridgehead atoms. The molecule has 8 heteroatoms. The highest BCUT2D eigenvalue weighted by Gasteiger charge is 2.08. The number of carbonyl (C=O) groups is 2. The Morgan fingerprint density at radius 1 is 1.29 bits per heavy atom. The summed E-state index contributed by atoms with van der Waals surface area (Å²) in [6.45, 7) is 2.14. The largest absolute Gasteiger partial charge is 0.352 e. The number of halogens is 2. The number of aromatic nitrogens is 2. The summed E-state index contributed by atoms with van der Waals surface area (Å²) in [7, 11) is 0. The fourth-order valence-corrected chi connectivity index (χ4v) is 3.19. The number of aryl methyl sites for hydroxylation is 1. The molecular formula is C20H18BrClN4O2. The van der Waals surface area contributed by atoms with E-state index in [1.165, 1.54) is 6.08 Å². The van der Waals surface area contributed by atoms with Crippen LogP contribution in [-0.2, 0) is 9.59 Å². The first kappa shape index (κ1) is 20.1. The number of imidazole rings is 1. The van der Waals surface area contributed by atoms with Crippen molar-refractivity contribution >= 4 is 56.8 Å². The molecule has 0 radical (unpaired) electrons. The van der Waals surface area contributed by atoms with Crippen molar-refractivity contribution in [1.29, 1.82) is 0 Å². The lowest BCUT2D eigenvalue weighted by Crippen LogP contribution is -2.26. The third-order valence-corrected chi connectivity index (χ3v) is 4.81. The Hall–Kier alpha value is -2.64. The van der Waals surface area contributed by atoms with Gasteiger partial charge in [0.15, 0.2) is 5.15 Å². The number of benzene rings is 1. The van der Waals surface area contributed by atoms with E-state index in [0.717, 1.165) is 15.7 Å². The van der Waals surface area contributed by atoms with Gasteiger partial charge in [0.25, 0.3) is 0 Å². The first-order valence-corrected chi connectivity index (χ1v) is 9.75. The standard InChI is InChI=1S/C20H18BrClN4O2/c1-13-5-6-14(21)12-15(13)24-19(28)9-10-23-18(27)8-7-16-20(22)25-17-4-2-3-11-26(16)17/h2-8,11-12H,9-10H2,1H3,(H,23,27)(H,24,28)/b8-7+. The lowest BCUT2D eigenvalue weighted by molar-refractivity contribution is -0.117. The van der Waals surface area contributed by atoms with E-state index in [4.69, 9.17) is 11.6 Å². The smallest absolute Gasteiger partial charge is 0.244 e. The number of hydrogen-bond donors (Lipinski definition) is 2. The number of hydrogen-bond acceptors (Lipinski definition) is 3. The van der Waals surface area contributed by atoms with Gasteiger partial charge in [0.2, 0.25) is 11.8 Å². The lowest BCUT2D eigenvalue weighted by Gasteiger charge is -2.09. The van der Waals surface area contributed by atoms with Gasteiger partial charge in [-0.2, -0.15) is 0 Å². The van der Waals surface area contributed by atoms with E-state index in [2.05, 4.69) is 31.5 Å². The predicted octanol–water partition coefficient (Wildman–Crippen LogP) is 4.22. The van der Waals surface area contributed by atoms with Crippen LogP contribution in [0.1, 0.15) is 17.7 Å². The van der Waals surface area contributed by atoms with Crippen molar-refractivity contribution in [2.75, 3.05) is 11.9 Å². The summed E-state index contributed by atoms with van der Waals surface area (Å²) in [6.07, 6.45) is 4.96. The van der Waals surface area contributed by atoms with E-state index in [9.17, 15) is 9.59 Å². The minimum Gasteiger partial charge on any atom is -0.352 e. The van der Waals surface area contributed by atoms with Gasteiger partial charge in [-0.1, -0.05) is 39.7 Å². The van der Waals surface area contributed by atoms with E-state index < -0.39 is 0 Å². The van der Waals surface area contributed by atoms with E-state index >= 15 is 0 Å². The third-order valence-electron chi connectivity index (χ3n) is 4.04. The zero-order valence-corrected chi connectivity index (χ0v) is 17.4. The molecule has 0 aliphatic rings. The second-order valence-corrected chi connectivity index (χ2v) is 7.37. The number of anilines is 1. The molecule has 0 unspecified atom stereocenters. The van der Waals surface area contributed by atoms with Crippen molar-refractivity contribution in [2.24, 2.45) is 0 Å². The average molecular weight is 462 g/mol. The van der Waals surface area contributed by atoms with Crippen LogP contribution in [0.15, 0.2) is 53.1 Å². The van der Waals surface area contributed by atoms with E-state index in [0.29, 0.717) is 16.5 Å². The Bertz CT molecular complexity index is 1060. The molecule has 2 N–H and O–H groups in total. The van der Waals surface area contributed by atoms with Crippen LogP contribution in [0.25, 0.3) is 11.7 Å². The molecule has 2 amide bonds. The quantitative estimate of drug-likeness (QED) is 0.540. The molecule has 144 valence electrons. The second kappa shape index (κ2) is 9.03. The van der Waals surface area contributed by atoms with Crippen molar-refractivity contribution in [2.45, 2.75) is 13.3 Å². The van der Waals surface area contributed by atoms with Crippen LogP contribution >= 0.6 is 27.5 Å². The molecule has 2 aromatic heterocycles. The first-order valence-electron chi connectivity index (χ1n) is 8.58. The molecule has 28 heavy (non-hydrogen) atoms. The van der Waals surface area contributed by atoms with Crippen LogP contribution in [0.3, 0.4) is 0 Å². The molecule has 1 aromatic carbocycles. The molecule has 3 aromatic rings. The molecule has 0 atom stereocenters. The van der Waals surface area contributed by atoms with Crippen LogP contribution in [0.2, 0.25) is 5.15 Å². The summed E-state index contributed by atoms with van der Waals surface area (Å²) in [5, 5.41) is 5.84. The zero-order chi connectivity index (χ0) is 20.1. The maximum atomic E-state index is 12.1. The summed E-state index contributed by atoms with van der Waals surface area (Å²) in [4.78, 5) is 28.3. The van der Waals surface area contributed by atoms with E-state index in [-0.39, 0.29) is 24.8 Å². The highest BCUT2D eigenvalue weighted by Crippen LogP contribution is 2.21. The summed E-state index contributed by atoms with van der Waals surface area (Å²) < 4.78 is 2.68. The second-order valence-electron chi connectivity index (χ2n) is 6.10. The number of pyridine rings is 1. The molecule has 3 rings (SSSR count). The van der Waals surface area contributed by atoms with Crippen LogP contribution in [0, 0.1) is 6.92 Å². The van der Waals surface area contributed by atoms with Gasteiger partial charge in [-0.15, -0.1) is 0 Å². The van der Waals surface area contributed by atoms with Crippen molar-refractivity contribution in [3.05, 3.63) is 69.6 Å². The Morgan fingerprint density at radius 2 is 2.11 bits per heavy atom. The molecule has 0 aliphatic carbocycles. The Kier molecular flexibility index (Phi) is 6.49. The van der Waals surface area contributed by atoms with E-state index in [1.807, 2.05) is 49.5 Å². The van der Waals surface area contributed by atoms with Gasteiger partial charge in [-0.3, -0.25) is 14.0 Å². The zero-order valence-electron chi connectivity index (χ0n) is 15.1. The SMILES string of the molecule is Cc1ccc(Br)cc1NC(=O)CCNC(=O)/C=C/c1c(Cl)nc2ccccn12. The number of nitrogens with zero attached hydrogens (tertiary/aromatic N) is 2. The van der Waals surface area contributed by atoms with Crippen molar-refractivity contribution in [1.82, 2.24) is 14.7 Å². The average Bonchev–Trinajstić information content (AvgIpc) is 2.98. The van der Waals surface area contributed by atoms with Crippen LogP contribution in [-0.4, -0.2) is 27.7 Å². The number of rotatable bonds is 6. The molecule has 0 fully saturated rings. The molecule has 0 aliphatic heterocycles. The summed E-state index contributed by atoms with van der Waals surface area (Å²) in [5.74, 6) is -0.483. The molecule has 2 heterocycles. The van der Waals surface area contributed by atoms with Gasteiger partial charge in [0.05, 0.1) is 5.69 Å². The molecule has 0 saturated carbocycles. The van der Waals surface area contributed by atoms with E-state index in [1.54, 1.807) is 10.5 Å². The Morgan fingerprint density at radius 3 is 2.93 bits per heavy atom. The topological polar surface area (TPSA) is 75.5 Å². The molecule has 0 spiro atoms. The lowest BCUT2D eigenvalue weighted by atomic mass is 10.2. The van der Waals surface area contributed by atoms with Gasteiger partial charge in [-0.05, 0) is 42.8 Å². The van der Waals surface area contributed by atoms with Crippen LogP contribution in [0.4, 0.5) is 5.69 Å². The fraction of sp³-hybridized carbons (Fsp3) is 0.150. The van der Waals surface area contributed by atoms with Crippen LogP contribution < -0.4 is 10.6 Å². The van der Waals surface area contributed by atoms with Gasteiger partial charge in [0.1, 0.15) is 5.65 Å². The monoisotopic (exact) mass is 460 g/mol. The summed E-state index contributed by atoms with van der Waals surface area (Å²) in [6, 6.07) is 11.2. The normalized spacial score (nSPS) is 11.1. The van der Waals surface area contributed by atoms with Gasteiger partial charge < -0.3 is 10.6 Å². The molecule has 0 saturated heterocycles. The number of amides is 2. The highest BCUT2D eigenvalue weighted by molar-refractivity contribution is 9.10. The number of nitrogens with one attached hydrogen (secondary N) is 2. The Balaban J connectivity index is 1.51. The first-order chi connectivity index (χ1) is 13.4. The fourth-order valence-electron chi connectivity index (χ4n) is 2.59. The minimum atomic E-state index is -0.312. The van der Waals surface area contributed by atoms with Gasteiger partial charge in [0, 0.05) is 35.4 Å². The number of carbonyl (C=O) groups excluding carboxylic acids is 2. The predicted molar refractivity (Wildman–Crippen MR) is 114 cm³/mol. The maximum Gasteiger partial charge on any atom is 0.244 e. The molecular weight excluding hydrogens is 444 g/mol. The summed E-state index contributed by atoms with van der Waals surface area (Å²) >= 11 is 9.51.